The normalized spacial score (nSPS) is 12.9. The number of anilines is 3. The van der Waals surface area contributed by atoms with Gasteiger partial charge in [-0.1, -0.05) is 153 Å². The lowest BCUT2D eigenvalue weighted by atomic mass is 9.81. The highest BCUT2D eigenvalue weighted by atomic mass is 32.1. The van der Waals surface area contributed by atoms with Crippen LogP contribution in [-0.2, 0) is 5.41 Å². The van der Waals surface area contributed by atoms with Crippen LogP contribution in [0.1, 0.15) is 25.0 Å². The molecule has 0 aliphatic heterocycles. The fraction of sp³-hybridized carbons (Fsp3) is 0.0588. The van der Waals surface area contributed by atoms with Crippen LogP contribution in [0, 0.1) is 0 Å². The van der Waals surface area contributed by atoms with Crippen LogP contribution in [0.25, 0.3) is 64.7 Å². The monoisotopic (exact) mass is 695 g/mol. The molecule has 10 rings (SSSR count). The first-order valence-corrected chi connectivity index (χ1v) is 19.2. The second-order valence-corrected chi connectivity index (χ2v) is 15.6. The van der Waals surface area contributed by atoms with Gasteiger partial charge in [-0.25, -0.2) is 0 Å². The number of rotatable bonds is 6. The molecule has 53 heavy (non-hydrogen) atoms. The smallest absolute Gasteiger partial charge is 0.0543 e. The first-order chi connectivity index (χ1) is 26.0. The molecule has 0 fully saturated rings. The molecule has 1 heterocycles. The van der Waals surface area contributed by atoms with E-state index in [9.17, 15) is 0 Å². The minimum Gasteiger partial charge on any atom is -0.310 e. The number of thiophene rings is 1. The number of fused-ring (bicyclic) bond motifs is 6. The highest BCUT2D eigenvalue weighted by Crippen LogP contribution is 2.54. The Balaban J connectivity index is 1.18. The molecule has 0 unspecified atom stereocenters. The zero-order valence-corrected chi connectivity index (χ0v) is 30.6. The molecule has 1 nitrogen and oxygen atoms in total. The summed E-state index contributed by atoms with van der Waals surface area (Å²) in [4.78, 5) is 2.46. The lowest BCUT2D eigenvalue weighted by Gasteiger charge is -2.30. The van der Waals surface area contributed by atoms with Crippen LogP contribution >= 0.6 is 11.3 Å². The fourth-order valence-corrected chi connectivity index (χ4v) is 9.56. The van der Waals surface area contributed by atoms with E-state index in [0.717, 1.165) is 11.4 Å². The van der Waals surface area contributed by atoms with Crippen LogP contribution in [0.2, 0.25) is 0 Å². The molecule has 0 saturated heterocycles. The fourth-order valence-electron chi connectivity index (χ4n) is 8.43. The van der Waals surface area contributed by atoms with Crippen molar-refractivity contribution in [3.8, 4) is 44.5 Å². The lowest BCUT2D eigenvalue weighted by Crippen LogP contribution is -2.17. The Morgan fingerprint density at radius 2 is 0.943 bits per heavy atom. The van der Waals surface area contributed by atoms with E-state index in [1.54, 1.807) is 0 Å². The van der Waals surface area contributed by atoms with Crippen molar-refractivity contribution in [3.05, 3.63) is 199 Å². The third kappa shape index (κ3) is 5.21. The first-order valence-electron chi connectivity index (χ1n) is 18.3. The number of hydrogen-bond acceptors (Lipinski definition) is 2. The Morgan fingerprint density at radius 1 is 0.396 bits per heavy atom. The number of para-hydroxylation sites is 1. The molecule has 0 N–H and O–H groups in total. The molecular formula is C51H37NS. The van der Waals surface area contributed by atoms with Crippen LogP contribution in [0.15, 0.2) is 188 Å². The van der Waals surface area contributed by atoms with E-state index in [4.69, 9.17) is 0 Å². The van der Waals surface area contributed by atoms with Gasteiger partial charge in [0.25, 0.3) is 0 Å². The number of benzene rings is 8. The molecule has 0 amide bonds. The van der Waals surface area contributed by atoms with Gasteiger partial charge >= 0.3 is 0 Å². The second kappa shape index (κ2) is 12.5. The average molecular weight is 696 g/mol. The predicted molar refractivity (Wildman–Crippen MR) is 228 cm³/mol. The molecule has 2 heteroatoms. The summed E-state index contributed by atoms with van der Waals surface area (Å²) in [5.41, 5.74) is 16.0. The van der Waals surface area contributed by atoms with Gasteiger partial charge in [-0.15, -0.1) is 11.3 Å². The van der Waals surface area contributed by atoms with Crippen molar-refractivity contribution in [3.63, 3.8) is 0 Å². The van der Waals surface area contributed by atoms with Crippen molar-refractivity contribution in [1.29, 1.82) is 0 Å². The van der Waals surface area contributed by atoms with E-state index in [0.29, 0.717) is 0 Å². The average Bonchev–Trinajstić information content (AvgIpc) is 3.71. The molecule has 9 aromatic rings. The van der Waals surface area contributed by atoms with Gasteiger partial charge in [0.05, 0.1) is 5.69 Å². The van der Waals surface area contributed by atoms with Gasteiger partial charge < -0.3 is 4.90 Å². The minimum absolute atomic E-state index is 0.140. The highest BCUT2D eigenvalue weighted by Gasteiger charge is 2.37. The lowest BCUT2D eigenvalue weighted by molar-refractivity contribution is 0.660. The van der Waals surface area contributed by atoms with E-state index < -0.39 is 0 Å². The predicted octanol–water partition coefficient (Wildman–Crippen LogP) is 14.8. The Kier molecular flexibility index (Phi) is 7.42. The molecule has 1 aromatic heterocycles. The van der Waals surface area contributed by atoms with E-state index in [2.05, 4.69) is 207 Å². The zero-order valence-electron chi connectivity index (χ0n) is 29.8. The molecule has 1 aliphatic rings. The summed E-state index contributed by atoms with van der Waals surface area (Å²) in [5, 5.41) is 2.63. The van der Waals surface area contributed by atoms with Crippen molar-refractivity contribution >= 4 is 48.6 Å². The number of nitrogens with zero attached hydrogens (tertiary/aromatic N) is 1. The molecule has 0 atom stereocenters. The molecule has 8 aromatic carbocycles. The summed E-state index contributed by atoms with van der Waals surface area (Å²) in [6, 6.07) is 69.0. The second-order valence-electron chi connectivity index (χ2n) is 14.5. The summed E-state index contributed by atoms with van der Waals surface area (Å²) in [6.45, 7) is 4.75. The third-order valence-corrected chi connectivity index (χ3v) is 12.2. The summed E-state index contributed by atoms with van der Waals surface area (Å²) in [6.07, 6.45) is 0. The number of hydrogen-bond donors (Lipinski definition) is 0. The Hall–Kier alpha value is -6.22. The van der Waals surface area contributed by atoms with Gasteiger partial charge in [0.15, 0.2) is 0 Å². The molecule has 0 spiro atoms. The highest BCUT2D eigenvalue weighted by molar-refractivity contribution is 7.25. The van der Waals surface area contributed by atoms with E-state index in [1.165, 1.54) is 81.5 Å². The van der Waals surface area contributed by atoms with Gasteiger partial charge in [0, 0.05) is 42.5 Å². The molecule has 1 aliphatic carbocycles. The Bertz CT molecular complexity index is 2780. The SMILES string of the molecule is CC1(C)c2ccccc2-c2cc(-c3cccc4sc5ccccc5c34)c(N(c3ccccc3)c3ccc(-c4ccc(-c5ccccc5)cc4)cc3)cc21. The molecule has 252 valence electrons. The largest absolute Gasteiger partial charge is 0.310 e. The van der Waals surface area contributed by atoms with Gasteiger partial charge in [-0.05, 0) is 98.6 Å². The van der Waals surface area contributed by atoms with Crippen molar-refractivity contribution in [2.45, 2.75) is 19.3 Å². The summed E-state index contributed by atoms with van der Waals surface area (Å²) >= 11 is 1.88. The van der Waals surface area contributed by atoms with E-state index in [1.807, 2.05) is 11.3 Å². The van der Waals surface area contributed by atoms with Gasteiger partial charge in [0.2, 0.25) is 0 Å². The maximum atomic E-state index is 2.49. The maximum Gasteiger partial charge on any atom is 0.0543 e. The standard InChI is InChI=1S/C51H37NS/c1-51(2)45-21-11-9-18-40(45)43-32-44(41-20-13-23-49-50(41)42-19-10-12-22-48(42)53-49)47(33-46(43)51)52(38-16-7-4-8-17-38)39-30-28-37(29-31-39)36-26-24-35(25-27-36)34-14-5-3-6-15-34/h3-33H,1-2H3. The summed E-state index contributed by atoms with van der Waals surface area (Å²) in [7, 11) is 0. The van der Waals surface area contributed by atoms with Crippen molar-refractivity contribution in [2.75, 3.05) is 4.90 Å². The zero-order chi connectivity index (χ0) is 35.5. The summed E-state index contributed by atoms with van der Waals surface area (Å²) in [5.74, 6) is 0. The van der Waals surface area contributed by atoms with Crippen LogP contribution in [-0.4, -0.2) is 0 Å². The minimum atomic E-state index is -0.140. The van der Waals surface area contributed by atoms with Gasteiger partial charge in [-0.2, -0.15) is 0 Å². The molecule has 0 saturated carbocycles. The van der Waals surface area contributed by atoms with Gasteiger partial charge in [-0.3, -0.25) is 0 Å². The van der Waals surface area contributed by atoms with Crippen molar-refractivity contribution in [1.82, 2.24) is 0 Å². The van der Waals surface area contributed by atoms with Crippen LogP contribution in [0.5, 0.6) is 0 Å². The van der Waals surface area contributed by atoms with E-state index in [-0.39, 0.29) is 5.41 Å². The van der Waals surface area contributed by atoms with E-state index >= 15 is 0 Å². The molecule has 0 bridgehead atoms. The Morgan fingerprint density at radius 3 is 1.68 bits per heavy atom. The first kappa shape index (κ1) is 31.5. The Labute approximate surface area is 315 Å². The quantitative estimate of drug-likeness (QED) is 0.167. The molecular weight excluding hydrogens is 659 g/mol. The third-order valence-electron chi connectivity index (χ3n) is 11.1. The van der Waals surface area contributed by atoms with Gasteiger partial charge in [0.1, 0.15) is 0 Å². The van der Waals surface area contributed by atoms with Crippen LogP contribution in [0.3, 0.4) is 0 Å². The van der Waals surface area contributed by atoms with Crippen molar-refractivity contribution < 1.29 is 0 Å². The molecule has 0 radical (unpaired) electrons. The van der Waals surface area contributed by atoms with Crippen LogP contribution in [0.4, 0.5) is 17.1 Å². The topological polar surface area (TPSA) is 3.24 Å². The maximum absolute atomic E-state index is 2.49. The van der Waals surface area contributed by atoms with Crippen molar-refractivity contribution in [2.24, 2.45) is 0 Å². The summed E-state index contributed by atoms with van der Waals surface area (Å²) < 4.78 is 2.63. The van der Waals surface area contributed by atoms with Crippen LogP contribution < -0.4 is 4.90 Å².